The van der Waals surface area contributed by atoms with Crippen LogP contribution in [-0.2, 0) is 16.0 Å². The molecule has 0 aliphatic carbocycles. The molecule has 1 heterocycles. The third kappa shape index (κ3) is 3.73. The van der Waals surface area contributed by atoms with Crippen molar-refractivity contribution in [3.63, 3.8) is 0 Å². The minimum absolute atomic E-state index is 0.0361. The van der Waals surface area contributed by atoms with Crippen LogP contribution in [0.25, 0.3) is 6.08 Å². The van der Waals surface area contributed by atoms with E-state index in [9.17, 15) is 13.6 Å². The molecule has 0 radical (unpaired) electrons. The van der Waals surface area contributed by atoms with Crippen LogP contribution < -0.4 is 0 Å². The van der Waals surface area contributed by atoms with Crippen molar-refractivity contribution in [1.82, 2.24) is 9.78 Å². The average molecular weight is 357 g/mol. The van der Waals surface area contributed by atoms with Gasteiger partial charge in [0.05, 0.1) is 26.5 Å². The van der Waals surface area contributed by atoms with Crippen LogP contribution in [0.3, 0.4) is 0 Å². The summed E-state index contributed by atoms with van der Waals surface area (Å²) in [6, 6.07) is 3.53. The van der Waals surface area contributed by atoms with Gasteiger partial charge in [0.1, 0.15) is 16.8 Å². The van der Waals surface area contributed by atoms with Crippen molar-refractivity contribution in [2.45, 2.75) is 13.5 Å². The predicted molar refractivity (Wildman–Crippen MR) is 84.7 cm³/mol. The van der Waals surface area contributed by atoms with Crippen molar-refractivity contribution < 1.29 is 23.0 Å². The Morgan fingerprint density at radius 3 is 2.62 bits per heavy atom. The normalized spacial score (nSPS) is 11.0. The van der Waals surface area contributed by atoms with Crippen LogP contribution in [0, 0.1) is 11.6 Å². The standard InChI is InChI=1S/C16H15ClF2N2O3/c1-3-24-16(22)14-10(7-8-23-2)15(17)21(20-14)9-11-12(18)5-4-6-13(11)19/h4-8H,3,9H2,1-2H3/b8-7+. The number of nitrogens with zero attached hydrogens (tertiary/aromatic N) is 2. The van der Waals surface area contributed by atoms with Gasteiger partial charge < -0.3 is 9.47 Å². The summed E-state index contributed by atoms with van der Waals surface area (Å²) >= 11 is 6.21. The first-order valence-electron chi connectivity index (χ1n) is 7.05. The summed E-state index contributed by atoms with van der Waals surface area (Å²) in [7, 11) is 1.42. The summed E-state index contributed by atoms with van der Waals surface area (Å²) in [6.07, 6.45) is 2.73. The maximum atomic E-state index is 13.8. The lowest BCUT2D eigenvalue weighted by atomic mass is 10.2. The number of halogens is 3. The van der Waals surface area contributed by atoms with Gasteiger partial charge in [0.15, 0.2) is 5.69 Å². The van der Waals surface area contributed by atoms with Crippen molar-refractivity contribution in [2.24, 2.45) is 0 Å². The molecule has 2 rings (SSSR count). The zero-order valence-corrected chi connectivity index (χ0v) is 13.8. The highest BCUT2D eigenvalue weighted by Crippen LogP contribution is 2.25. The molecule has 0 aliphatic rings. The van der Waals surface area contributed by atoms with Gasteiger partial charge in [0.25, 0.3) is 0 Å². The number of aromatic nitrogens is 2. The van der Waals surface area contributed by atoms with Crippen LogP contribution in [0.2, 0.25) is 5.15 Å². The molecule has 0 aliphatic heterocycles. The highest BCUT2D eigenvalue weighted by Gasteiger charge is 2.23. The van der Waals surface area contributed by atoms with Crippen LogP contribution >= 0.6 is 11.6 Å². The van der Waals surface area contributed by atoms with Gasteiger partial charge in [-0.3, -0.25) is 0 Å². The number of carbonyl (C=O) groups is 1. The van der Waals surface area contributed by atoms with E-state index >= 15 is 0 Å². The molecule has 2 aromatic rings. The molecule has 0 unspecified atom stereocenters. The summed E-state index contributed by atoms with van der Waals surface area (Å²) in [5.74, 6) is -2.15. The number of methoxy groups -OCH3 is 1. The lowest BCUT2D eigenvalue weighted by Gasteiger charge is -2.06. The number of esters is 1. The minimum atomic E-state index is -0.728. The third-order valence-corrected chi connectivity index (χ3v) is 3.53. The van der Waals surface area contributed by atoms with E-state index < -0.39 is 17.6 Å². The summed E-state index contributed by atoms with van der Waals surface area (Å²) in [5.41, 5.74) is -0.0276. The van der Waals surface area contributed by atoms with E-state index in [-0.39, 0.29) is 35.1 Å². The molecule has 128 valence electrons. The lowest BCUT2D eigenvalue weighted by molar-refractivity contribution is 0.0518. The van der Waals surface area contributed by atoms with Gasteiger partial charge in [-0.25, -0.2) is 18.3 Å². The zero-order valence-electron chi connectivity index (χ0n) is 13.1. The van der Waals surface area contributed by atoms with Crippen LogP contribution in [0.1, 0.15) is 28.5 Å². The second-order valence-electron chi connectivity index (χ2n) is 4.67. The minimum Gasteiger partial charge on any atom is -0.504 e. The quantitative estimate of drug-likeness (QED) is 0.585. The van der Waals surface area contributed by atoms with E-state index in [0.717, 1.165) is 16.8 Å². The second kappa shape index (κ2) is 7.92. The predicted octanol–water partition coefficient (Wildman–Crippen LogP) is 3.66. The molecule has 0 atom stereocenters. The molecule has 1 aromatic heterocycles. The van der Waals surface area contributed by atoms with Crippen molar-refractivity contribution in [1.29, 1.82) is 0 Å². The lowest BCUT2D eigenvalue weighted by Crippen LogP contribution is -2.10. The average Bonchev–Trinajstić information content (AvgIpc) is 2.85. The highest BCUT2D eigenvalue weighted by molar-refractivity contribution is 6.31. The molecule has 0 bridgehead atoms. The van der Waals surface area contributed by atoms with E-state index in [1.54, 1.807) is 6.92 Å². The molecule has 5 nitrogen and oxygen atoms in total. The fourth-order valence-corrected chi connectivity index (χ4v) is 2.28. The molecule has 8 heteroatoms. The Hall–Kier alpha value is -2.41. The van der Waals surface area contributed by atoms with Crippen LogP contribution in [0.5, 0.6) is 0 Å². The van der Waals surface area contributed by atoms with Crippen molar-refractivity contribution in [3.8, 4) is 0 Å². The summed E-state index contributed by atoms with van der Waals surface area (Å²) in [4.78, 5) is 12.0. The van der Waals surface area contributed by atoms with Crippen LogP contribution in [-0.4, -0.2) is 29.5 Å². The maximum Gasteiger partial charge on any atom is 0.359 e. The first-order valence-corrected chi connectivity index (χ1v) is 7.43. The fourth-order valence-electron chi connectivity index (χ4n) is 2.03. The SMILES string of the molecule is CCOC(=O)c1nn(Cc2c(F)cccc2F)c(Cl)c1/C=C/OC. The molecule has 0 amide bonds. The van der Waals surface area contributed by atoms with Gasteiger partial charge in [-0.15, -0.1) is 0 Å². The number of benzene rings is 1. The summed E-state index contributed by atoms with van der Waals surface area (Å²) < 4.78 is 38.5. The highest BCUT2D eigenvalue weighted by atomic mass is 35.5. The van der Waals surface area contributed by atoms with Gasteiger partial charge in [-0.05, 0) is 25.1 Å². The van der Waals surface area contributed by atoms with Crippen molar-refractivity contribution in [2.75, 3.05) is 13.7 Å². The molecule has 0 N–H and O–H groups in total. The Labute approximate surface area is 142 Å². The molecular formula is C16H15ClF2N2O3. The van der Waals surface area contributed by atoms with E-state index in [1.165, 1.54) is 25.5 Å². The Balaban J connectivity index is 2.47. The molecular weight excluding hydrogens is 342 g/mol. The first kappa shape index (κ1) is 17.9. The molecule has 1 aromatic carbocycles. The van der Waals surface area contributed by atoms with Gasteiger partial charge >= 0.3 is 5.97 Å². The van der Waals surface area contributed by atoms with Gasteiger partial charge in [0.2, 0.25) is 0 Å². The molecule has 0 saturated carbocycles. The van der Waals surface area contributed by atoms with E-state index in [1.807, 2.05) is 0 Å². The maximum absolute atomic E-state index is 13.8. The summed E-state index contributed by atoms with van der Waals surface area (Å²) in [6.45, 7) is 1.53. The zero-order chi connectivity index (χ0) is 17.7. The Bertz CT molecular complexity index is 755. The van der Waals surface area contributed by atoms with Crippen LogP contribution in [0.15, 0.2) is 24.5 Å². The smallest absolute Gasteiger partial charge is 0.359 e. The number of carbonyl (C=O) groups excluding carboxylic acids is 1. The third-order valence-electron chi connectivity index (χ3n) is 3.13. The van der Waals surface area contributed by atoms with Crippen molar-refractivity contribution >= 4 is 23.6 Å². The topological polar surface area (TPSA) is 53.3 Å². The van der Waals surface area contributed by atoms with E-state index in [4.69, 9.17) is 21.1 Å². The molecule has 24 heavy (non-hydrogen) atoms. The molecule has 0 saturated heterocycles. The number of rotatable bonds is 6. The van der Waals surface area contributed by atoms with E-state index in [2.05, 4.69) is 5.10 Å². The van der Waals surface area contributed by atoms with Crippen LogP contribution in [0.4, 0.5) is 8.78 Å². The first-order chi connectivity index (χ1) is 11.5. The number of hydrogen-bond donors (Lipinski definition) is 0. The van der Waals surface area contributed by atoms with Gasteiger partial charge in [-0.1, -0.05) is 17.7 Å². The van der Waals surface area contributed by atoms with Gasteiger partial charge in [-0.2, -0.15) is 5.10 Å². The molecule has 0 spiro atoms. The number of hydrogen-bond acceptors (Lipinski definition) is 4. The van der Waals surface area contributed by atoms with Gasteiger partial charge in [0, 0.05) is 11.1 Å². The second-order valence-corrected chi connectivity index (χ2v) is 5.03. The largest absolute Gasteiger partial charge is 0.504 e. The molecule has 0 fully saturated rings. The Morgan fingerprint density at radius 2 is 2.04 bits per heavy atom. The van der Waals surface area contributed by atoms with Crippen molar-refractivity contribution in [3.05, 3.63) is 58.1 Å². The van der Waals surface area contributed by atoms with E-state index in [0.29, 0.717) is 0 Å². The summed E-state index contributed by atoms with van der Waals surface area (Å²) in [5, 5.41) is 4.06. The Morgan fingerprint density at radius 1 is 1.38 bits per heavy atom. The fraction of sp³-hybridized carbons (Fsp3) is 0.250. The monoisotopic (exact) mass is 356 g/mol. The number of ether oxygens (including phenoxy) is 2. The Kier molecular flexibility index (Phi) is 5.92.